The highest BCUT2D eigenvalue weighted by atomic mass is 35.5. The van der Waals surface area contributed by atoms with Gasteiger partial charge in [-0.2, -0.15) is 13.2 Å². The highest BCUT2D eigenvalue weighted by Gasteiger charge is 2.57. The van der Waals surface area contributed by atoms with Gasteiger partial charge in [0.15, 0.2) is 12.3 Å². The van der Waals surface area contributed by atoms with Gasteiger partial charge in [0.25, 0.3) is 0 Å². The van der Waals surface area contributed by atoms with Gasteiger partial charge in [-0.25, -0.2) is 9.78 Å². The lowest BCUT2D eigenvalue weighted by atomic mass is 9.63. The quantitative estimate of drug-likeness (QED) is 0.300. The van der Waals surface area contributed by atoms with Crippen molar-refractivity contribution < 1.29 is 32.5 Å². The topological polar surface area (TPSA) is 71.9 Å². The van der Waals surface area contributed by atoms with Gasteiger partial charge in [0.05, 0.1) is 23.8 Å². The van der Waals surface area contributed by atoms with Gasteiger partial charge < -0.3 is 19.5 Å². The Morgan fingerprint density at radius 1 is 1.15 bits per heavy atom. The van der Waals surface area contributed by atoms with Crippen LogP contribution in [0.5, 0.6) is 5.75 Å². The Bertz CT molecular complexity index is 1380. The van der Waals surface area contributed by atoms with E-state index in [2.05, 4.69) is 85.0 Å². The molecular formula is C29H30ClF3N2O4. The van der Waals surface area contributed by atoms with E-state index in [1.165, 1.54) is 27.8 Å². The van der Waals surface area contributed by atoms with Crippen molar-refractivity contribution in [3.05, 3.63) is 82.1 Å². The second kappa shape index (κ2) is 10.8. The monoisotopic (exact) mass is 562 g/mol. The maximum atomic E-state index is 11.8. The number of likely N-dealkylation sites (N-methyl/N-ethyl adjacent to an activating group) is 1. The van der Waals surface area contributed by atoms with E-state index in [9.17, 15) is 18.0 Å². The number of pyridine rings is 1. The number of carbonyl (C=O) groups is 1. The number of hydrogen-bond acceptors (Lipinski definition) is 5. The zero-order valence-corrected chi connectivity index (χ0v) is 22.9. The van der Waals surface area contributed by atoms with Crippen molar-refractivity contribution in [1.82, 2.24) is 9.88 Å². The number of hydrogen-bond donors (Lipinski definition) is 1. The van der Waals surface area contributed by atoms with E-state index in [1.807, 2.05) is 0 Å². The number of benzene rings is 2. The Morgan fingerprint density at radius 3 is 2.44 bits per heavy atom. The third-order valence-electron chi connectivity index (χ3n) is 7.22. The van der Waals surface area contributed by atoms with E-state index in [0.717, 1.165) is 31.8 Å². The molecule has 2 heterocycles. The number of halogens is 4. The minimum absolute atomic E-state index is 0.0733. The van der Waals surface area contributed by atoms with E-state index in [0.29, 0.717) is 0 Å². The van der Waals surface area contributed by atoms with E-state index in [4.69, 9.17) is 21.4 Å². The largest absolute Gasteiger partial charge is 0.482 e. The van der Waals surface area contributed by atoms with Crippen LogP contribution < -0.4 is 4.74 Å². The molecule has 1 N–H and O–H groups in total. The van der Waals surface area contributed by atoms with E-state index in [-0.39, 0.29) is 21.8 Å². The van der Waals surface area contributed by atoms with Crippen molar-refractivity contribution in [3.63, 3.8) is 0 Å². The first-order valence-corrected chi connectivity index (χ1v) is 12.7. The summed E-state index contributed by atoms with van der Waals surface area (Å²) in [5.41, 5.74) is 6.77. The summed E-state index contributed by atoms with van der Waals surface area (Å²) in [6.07, 6.45) is -2.56. The third-order valence-corrected chi connectivity index (χ3v) is 7.50. The van der Waals surface area contributed by atoms with E-state index >= 15 is 0 Å². The second-order valence-electron chi connectivity index (χ2n) is 10.5. The van der Waals surface area contributed by atoms with Crippen LogP contribution in [-0.2, 0) is 16.6 Å². The molecule has 2 aliphatic rings. The molecule has 0 bridgehead atoms. The molecule has 0 radical (unpaired) electrons. The Hall–Kier alpha value is -3.14. The zero-order chi connectivity index (χ0) is 28.6. The molecule has 1 aliphatic carbocycles. The smallest absolute Gasteiger partial charge is 0.422 e. The number of carboxylic acids is 1. The predicted molar refractivity (Wildman–Crippen MR) is 143 cm³/mol. The Labute approximate surface area is 230 Å². The molecule has 1 fully saturated rings. The molecule has 1 aromatic heterocycles. The van der Waals surface area contributed by atoms with Crippen molar-refractivity contribution in [2.24, 2.45) is 0 Å². The molecule has 1 atom stereocenters. The Balaban J connectivity index is 0.000000195. The van der Waals surface area contributed by atoms with Crippen LogP contribution in [0, 0.1) is 0 Å². The summed E-state index contributed by atoms with van der Waals surface area (Å²) >= 11 is 5.48. The average Bonchev–Trinajstić information content (AvgIpc) is 3.25. The summed E-state index contributed by atoms with van der Waals surface area (Å²) in [7, 11) is 4.32. The molecule has 5 rings (SSSR count). The van der Waals surface area contributed by atoms with Gasteiger partial charge in [0.1, 0.15) is 10.8 Å². The lowest BCUT2D eigenvalue weighted by molar-refractivity contribution is -0.208. The fourth-order valence-corrected chi connectivity index (χ4v) is 5.37. The number of aromatic nitrogens is 1. The summed E-state index contributed by atoms with van der Waals surface area (Å²) in [5.74, 6) is -1.75. The standard InChI is InChI=1S/C21H25NO.C8H5ClF3NO3/c1-20(2)21(14-23-20,13-22(3)4)19-11-7-10-17-16-9-6-5-8-15(16)12-18(17)19;9-4-2-13-5(7(14)15)1-6(4)16-3-8(10,11)12/h5-11H,12-14H2,1-4H3;1-2H,3H2,(H,14,15). The average molecular weight is 563 g/mol. The van der Waals surface area contributed by atoms with Gasteiger partial charge in [0, 0.05) is 12.6 Å². The van der Waals surface area contributed by atoms with Crippen LogP contribution in [0.25, 0.3) is 11.1 Å². The molecule has 2 aromatic carbocycles. The summed E-state index contributed by atoms with van der Waals surface area (Å²) in [6.45, 7) is 4.76. The van der Waals surface area contributed by atoms with Gasteiger partial charge in [-0.3, -0.25) is 0 Å². The molecule has 1 aliphatic heterocycles. The van der Waals surface area contributed by atoms with Gasteiger partial charge in [-0.1, -0.05) is 54.1 Å². The summed E-state index contributed by atoms with van der Waals surface area (Å²) in [5, 5.41) is 8.36. The number of nitrogens with zero attached hydrogens (tertiary/aromatic N) is 2. The Morgan fingerprint density at radius 2 is 1.85 bits per heavy atom. The Kier molecular flexibility index (Phi) is 7.98. The van der Waals surface area contributed by atoms with Crippen LogP contribution in [-0.4, -0.2) is 66.6 Å². The van der Waals surface area contributed by atoms with E-state index < -0.39 is 24.4 Å². The first kappa shape index (κ1) is 28.9. The van der Waals surface area contributed by atoms with Crippen LogP contribution in [0.3, 0.4) is 0 Å². The number of carboxylic acid groups (broad SMARTS) is 1. The maximum Gasteiger partial charge on any atom is 0.422 e. The molecule has 39 heavy (non-hydrogen) atoms. The van der Waals surface area contributed by atoms with Crippen LogP contribution in [0.2, 0.25) is 5.02 Å². The third kappa shape index (κ3) is 5.90. The van der Waals surface area contributed by atoms with Crippen molar-refractivity contribution >= 4 is 17.6 Å². The molecule has 6 nitrogen and oxygen atoms in total. The van der Waals surface area contributed by atoms with Crippen molar-refractivity contribution in [3.8, 4) is 16.9 Å². The molecule has 10 heteroatoms. The van der Waals surface area contributed by atoms with Crippen LogP contribution in [0.15, 0.2) is 54.7 Å². The SMILES string of the molecule is CN(C)CC1(c2cccc3c2Cc2ccccc2-3)COC1(C)C.O=C(O)c1cc(OCC(F)(F)F)c(Cl)cn1. The summed E-state index contributed by atoms with van der Waals surface area (Å²) < 4.78 is 45.8. The maximum absolute atomic E-state index is 11.8. The van der Waals surface area contributed by atoms with Gasteiger partial charge >= 0.3 is 12.1 Å². The zero-order valence-electron chi connectivity index (χ0n) is 22.1. The fourth-order valence-electron chi connectivity index (χ4n) is 5.21. The number of alkyl halides is 3. The van der Waals surface area contributed by atoms with Crippen molar-refractivity contribution in [2.75, 3.05) is 33.9 Å². The molecule has 1 saturated heterocycles. The highest BCUT2D eigenvalue weighted by Crippen LogP contribution is 2.51. The van der Waals surface area contributed by atoms with E-state index in [1.54, 1.807) is 0 Å². The molecule has 0 saturated carbocycles. The lowest BCUT2D eigenvalue weighted by Gasteiger charge is -2.57. The first-order valence-electron chi connectivity index (χ1n) is 12.3. The molecule has 1 unspecified atom stereocenters. The van der Waals surface area contributed by atoms with Crippen molar-refractivity contribution in [2.45, 2.75) is 37.5 Å². The second-order valence-corrected chi connectivity index (χ2v) is 10.9. The predicted octanol–water partition coefficient (Wildman–Crippen LogP) is 6.24. The number of aromatic carboxylic acids is 1. The van der Waals surface area contributed by atoms with Gasteiger partial charge in [0.2, 0.25) is 0 Å². The molecule has 0 spiro atoms. The number of ether oxygens (including phenoxy) is 2. The van der Waals surface area contributed by atoms with Crippen LogP contribution in [0.1, 0.15) is 41.0 Å². The van der Waals surface area contributed by atoms with Crippen molar-refractivity contribution in [1.29, 1.82) is 0 Å². The molecular weight excluding hydrogens is 533 g/mol. The first-order chi connectivity index (χ1) is 18.2. The number of rotatable bonds is 6. The minimum Gasteiger partial charge on any atom is -0.482 e. The fraction of sp³-hybridized carbons (Fsp3) is 0.379. The summed E-state index contributed by atoms with van der Waals surface area (Å²) in [6, 6.07) is 16.5. The molecule has 208 valence electrons. The van der Waals surface area contributed by atoms with Crippen LogP contribution in [0.4, 0.5) is 13.2 Å². The highest BCUT2D eigenvalue weighted by molar-refractivity contribution is 6.32. The number of fused-ring (bicyclic) bond motifs is 3. The minimum atomic E-state index is -4.52. The lowest BCUT2D eigenvalue weighted by Crippen LogP contribution is -2.66. The normalized spacial score (nSPS) is 18.9. The van der Waals surface area contributed by atoms with Gasteiger partial charge in [-0.05, 0) is 62.2 Å². The molecule has 3 aromatic rings. The van der Waals surface area contributed by atoms with Gasteiger partial charge in [-0.15, -0.1) is 0 Å². The van der Waals surface area contributed by atoms with Crippen LogP contribution >= 0.6 is 11.6 Å². The summed E-state index contributed by atoms with van der Waals surface area (Å²) in [4.78, 5) is 16.2. The molecule has 0 amide bonds.